The highest BCUT2D eigenvalue weighted by Gasteiger charge is 2.44. The molecule has 0 aromatic carbocycles. The van der Waals surface area contributed by atoms with E-state index in [1.54, 1.807) is 11.8 Å². The standard InChI is InChI=1S/C15H23N5O4S/c1-2-3-4-5-25-13-9-12(18-15(16)19-13)20(7-17-9)14-11(23)10(22)8(6-21)24-14/h7-8,10-11,14,21-23H,2-6H2,1H3,(H2,16,18,19)/t8-,10-,11-,14-/m1/s1. The van der Waals surface area contributed by atoms with Crippen LogP contribution in [0.1, 0.15) is 32.4 Å². The van der Waals surface area contributed by atoms with Crippen LogP contribution in [0.4, 0.5) is 5.95 Å². The third-order valence-corrected chi connectivity index (χ3v) is 5.24. The minimum absolute atomic E-state index is 0.110. The molecule has 1 aliphatic rings. The molecule has 1 saturated heterocycles. The molecule has 2 aromatic rings. The highest BCUT2D eigenvalue weighted by molar-refractivity contribution is 7.99. The predicted octanol–water partition coefficient (Wildman–Crippen LogP) is 0.302. The first-order valence-electron chi connectivity index (χ1n) is 8.32. The van der Waals surface area contributed by atoms with E-state index in [4.69, 9.17) is 10.5 Å². The Kier molecular flexibility index (Phi) is 5.74. The van der Waals surface area contributed by atoms with Gasteiger partial charge in [-0.25, -0.2) is 9.97 Å². The average molecular weight is 369 g/mol. The maximum Gasteiger partial charge on any atom is 0.223 e. The van der Waals surface area contributed by atoms with Crippen LogP contribution in [-0.2, 0) is 4.74 Å². The van der Waals surface area contributed by atoms with Gasteiger partial charge in [0.2, 0.25) is 5.95 Å². The van der Waals surface area contributed by atoms with Crippen molar-refractivity contribution in [3.8, 4) is 0 Å². The fourth-order valence-corrected chi connectivity index (χ4v) is 3.80. The number of ether oxygens (including phenoxy) is 1. The van der Waals surface area contributed by atoms with Crippen LogP contribution >= 0.6 is 11.8 Å². The van der Waals surface area contributed by atoms with Crippen LogP contribution in [-0.4, -0.2) is 65.5 Å². The molecule has 0 spiro atoms. The minimum Gasteiger partial charge on any atom is -0.394 e. The number of fused-ring (bicyclic) bond motifs is 1. The molecule has 0 unspecified atom stereocenters. The van der Waals surface area contributed by atoms with E-state index >= 15 is 0 Å². The second kappa shape index (κ2) is 7.83. The van der Waals surface area contributed by atoms with E-state index < -0.39 is 31.1 Å². The number of hydrogen-bond donors (Lipinski definition) is 4. The van der Waals surface area contributed by atoms with Crippen LogP contribution in [0.2, 0.25) is 0 Å². The number of aromatic nitrogens is 4. The molecule has 9 nitrogen and oxygen atoms in total. The SMILES string of the molecule is CCCCCSc1nc(N)nc2c1ncn2[C@@H]1O[C@H](CO)[C@@H](O)[C@H]1O. The summed E-state index contributed by atoms with van der Waals surface area (Å²) in [5.41, 5.74) is 6.84. The van der Waals surface area contributed by atoms with Crippen molar-refractivity contribution in [2.45, 2.75) is 55.8 Å². The zero-order chi connectivity index (χ0) is 18.0. The van der Waals surface area contributed by atoms with E-state index in [1.165, 1.54) is 10.9 Å². The van der Waals surface area contributed by atoms with Crippen LogP contribution in [0.5, 0.6) is 0 Å². The zero-order valence-electron chi connectivity index (χ0n) is 13.9. The molecule has 0 aliphatic carbocycles. The van der Waals surface area contributed by atoms with Gasteiger partial charge in [0, 0.05) is 0 Å². The van der Waals surface area contributed by atoms with Gasteiger partial charge in [0.1, 0.15) is 28.9 Å². The molecule has 5 N–H and O–H groups in total. The first kappa shape index (κ1) is 18.3. The lowest BCUT2D eigenvalue weighted by molar-refractivity contribution is -0.0511. The lowest BCUT2D eigenvalue weighted by Crippen LogP contribution is -2.33. The van der Waals surface area contributed by atoms with Crippen molar-refractivity contribution < 1.29 is 20.1 Å². The molecule has 25 heavy (non-hydrogen) atoms. The monoisotopic (exact) mass is 369 g/mol. The molecule has 0 bridgehead atoms. The maximum atomic E-state index is 10.2. The largest absolute Gasteiger partial charge is 0.394 e. The van der Waals surface area contributed by atoms with E-state index in [0.29, 0.717) is 16.2 Å². The molecule has 0 amide bonds. The number of nitrogens with two attached hydrogens (primary N) is 1. The van der Waals surface area contributed by atoms with Crippen molar-refractivity contribution in [1.82, 2.24) is 19.5 Å². The number of aliphatic hydroxyl groups excluding tert-OH is 3. The van der Waals surface area contributed by atoms with Gasteiger partial charge in [-0.2, -0.15) is 4.98 Å². The minimum atomic E-state index is -1.20. The van der Waals surface area contributed by atoms with Crippen LogP contribution in [0.25, 0.3) is 11.2 Å². The topological polar surface area (TPSA) is 140 Å². The number of rotatable bonds is 7. The number of nitrogens with zero attached hydrogens (tertiary/aromatic N) is 4. The molecular formula is C15H23N5O4S. The Morgan fingerprint density at radius 2 is 2.08 bits per heavy atom. The van der Waals surface area contributed by atoms with Crippen molar-refractivity contribution in [3.63, 3.8) is 0 Å². The van der Waals surface area contributed by atoms with Crippen molar-refractivity contribution in [2.24, 2.45) is 0 Å². The summed E-state index contributed by atoms with van der Waals surface area (Å²) in [5.74, 6) is 1.01. The van der Waals surface area contributed by atoms with Crippen molar-refractivity contribution in [1.29, 1.82) is 0 Å². The Bertz CT molecular complexity index is 727. The van der Waals surface area contributed by atoms with E-state index in [2.05, 4.69) is 21.9 Å². The van der Waals surface area contributed by atoms with Gasteiger partial charge in [0.25, 0.3) is 0 Å². The fourth-order valence-electron chi connectivity index (χ4n) is 2.82. The molecule has 10 heteroatoms. The number of nitrogen functional groups attached to an aromatic ring is 1. The summed E-state index contributed by atoms with van der Waals surface area (Å²) in [6, 6.07) is 0. The van der Waals surface area contributed by atoms with Crippen molar-refractivity contribution in [3.05, 3.63) is 6.33 Å². The number of imidazole rings is 1. The molecular weight excluding hydrogens is 346 g/mol. The fraction of sp³-hybridized carbons (Fsp3) is 0.667. The number of unbranched alkanes of at least 4 members (excludes halogenated alkanes) is 2. The zero-order valence-corrected chi connectivity index (χ0v) is 14.8. The highest BCUT2D eigenvalue weighted by Crippen LogP contribution is 2.33. The van der Waals surface area contributed by atoms with Gasteiger partial charge in [-0.15, -0.1) is 11.8 Å². The van der Waals surface area contributed by atoms with Gasteiger partial charge in [-0.05, 0) is 12.2 Å². The van der Waals surface area contributed by atoms with Gasteiger partial charge >= 0.3 is 0 Å². The van der Waals surface area contributed by atoms with Crippen LogP contribution in [0.3, 0.4) is 0 Å². The molecule has 2 aromatic heterocycles. The number of aliphatic hydroxyl groups is 3. The summed E-state index contributed by atoms with van der Waals surface area (Å²) in [6.45, 7) is 1.76. The normalized spacial score (nSPS) is 26.6. The Morgan fingerprint density at radius 3 is 2.76 bits per heavy atom. The van der Waals surface area contributed by atoms with E-state index in [9.17, 15) is 15.3 Å². The Hall–Kier alpha value is -1.46. The molecule has 1 aliphatic heterocycles. The van der Waals surface area contributed by atoms with Crippen molar-refractivity contribution in [2.75, 3.05) is 18.1 Å². The van der Waals surface area contributed by atoms with E-state index in [-0.39, 0.29) is 5.95 Å². The third-order valence-electron chi connectivity index (χ3n) is 4.18. The Balaban J connectivity index is 1.89. The molecule has 4 atom stereocenters. The summed E-state index contributed by atoms with van der Waals surface area (Å²) < 4.78 is 7.07. The highest BCUT2D eigenvalue weighted by atomic mass is 32.2. The second-order valence-corrected chi connectivity index (χ2v) is 7.08. The summed E-state index contributed by atoms with van der Waals surface area (Å²) in [6.07, 6.45) is 0.692. The molecule has 0 saturated carbocycles. The molecule has 3 heterocycles. The van der Waals surface area contributed by atoms with Gasteiger partial charge in [0.15, 0.2) is 11.9 Å². The second-order valence-electron chi connectivity index (χ2n) is 6.00. The smallest absolute Gasteiger partial charge is 0.223 e. The first-order valence-corrected chi connectivity index (χ1v) is 9.30. The summed E-state index contributed by atoms with van der Waals surface area (Å²) in [5, 5.41) is 30.1. The summed E-state index contributed by atoms with van der Waals surface area (Å²) in [4.78, 5) is 12.8. The molecule has 138 valence electrons. The Labute approximate surface area is 149 Å². The lowest BCUT2D eigenvalue weighted by atomic mass is 10.1. The van der Waals surface area contributed by atoms with E-state index in [0.717, 1.165) is 25.0 Å². The van der Waals surface area contributed by atoms with Crippen LogP contribution in [0, 0.1) is 0 Å². The predicted molar refractivity (Wildman–Crippen MR) is 93.0 cm³/mol. The quantitative estimate of drug-likeness (QED) is 0.308. The maximum absolute atomic E-state index is 10.2. The lowest BCUT2D eigenvalue weighted by Gasteiger charge is -2.16. The third kappa shape index (κ3) is 3.58. The van der Waals surface area contributed by atoms with Gasteiger partial charge in [-0.1, -0.05) is 19.8 Å². The number of thioether (sulfide) groups is 1. The number of anilines is 1. The first-order chi connectivity index (χ1) is 12.1. The molecule has 3 rings (SSSR count). The number of hydrogen-bond acceptors (Lipinski definition) is 9. The van der Waals surface area contributed by atoms with E-state index in [1.807, 2.05) is 0 Å². The summed E-state index contributed by atoms with van der Waals surface area (Å²) >= 11 is 1.57. The molecule has 1 fully saturated rings. The van der Waals surface area contributed by atoms with Crippen molar-refractivity contribution >= 4 is 28.9 Å². The van der Waals surface area contributed by atoms with Crippen LogP contribution < -0.4 is 5.73 Å². The van der Waals surface area contributed by atoms with Crippen LogP contribution in [0.15, 0.2) is 11.4 Å². The Morgan fingerprint density at radius 1 is 1.28 bits per heavy atom. The van der Waals surface area contributed by atoms with Gasteiger partial charge < -0.3 is 25.8 Å². The van der Waals surface area contributed by atoms with Gasteiger partial charge in [-0.3, -0.25) is 4.57 Å². The molecule has 0 radical (unpaired) electrons. The van der Waals surface area contributed by atoms with Gasteiger partial charge in [0.05, 0.1) is 12.9 Å². The summed E-state index contributed by atoms with van der Waals surface area (Å²) in [7, 11) is 0. The average Bonchev–Trinajstić information content (AvgIpc) is 3.13.